The molecule has 3 heteroatoms. The van der Waals surface area contributed by atoms with E-state index in [1.165, 1.54) is 0 Å². The number of hydrogen-bond acceptors (Lipinski definition) is 3. The monoisotopic (exact) mass is 111 g/mol. The van der Waals surface area contributed by atoms with Crippen LogP contribution in [0.5, 0.6) is 0 Å². The maximum atomic E-state index is 5.37. The lowest BCUT2D eigenvalue weighted by Crippen LogP contribution is -2.33. The predicted molar refractivity (Wildman–Crippen MR) is 32.3 cm³/mol. The highest BCUT2D eigenvalue weighted by atomic mass is 15.4. The molecule has 0 saturated carbocycles. The van der Waals surface area contributed by atoms with Gasteiger partial charge in [-0.1, -0.05) is 0 Å². The average Bonchev–Trinajstić information content (AvgIpc) is 1.64. The minimum Gasteiger partial charge on any atom is -0.384 e. The van der Waals surface area contributed by atoms with Crippen molar-refractivity contribution in [3.8, 4) is 0 Å². The van der Waals surface area contributed by atoms with Gasteiger partial charge < -0.3 is 11.2 Å². The van der Waals surface area contributed by atoms with Crippen LogP contribution in [0, 0.1) is 0 Å². The van der Waals surface area contributed by atoms with Crippen molar-refractivity contribution >= 4 is 0 Å². The normalized spacial score (nSPS) is 17.6. The van der Waals surface area contributed by atoms with Crippen LogP contribution in [0.3, 0.4) is 0 Å². The zero-order chi connectivity index (χ0) is 5.98. The molecule has 1 rings (SSSR count). The fourth-order valence-electron chi connectivity index (χ4n) is 0.556. The van der Waals surface area contributed by atoms with Gasteiger partial charge in [-0.3, -0.25) is 5.43 Å². The fraction of sp³-hybridized carbons (Fsp3) is 0.200. The zero-order valence-electron chi connectivity index (χ0n) is 4.73. The minimum atomic E-state index is 0.657. The van der Waals surface area contributed by atoms with Crippen molar-refractivity contribution in [1.29, 1.82) is 0 Å². The third-order valence-electron chi connectivity index (χ3n) is 0.900. The Morgan fingerprint density at radius 3 is 2.75 bits per heavy atom. The first-order chi connectivity index (χ1) is 3.79. The van der Waals surface area contributed by atoms with E-state index in [1.54, 1.807) is 0 Å². The molecule has 1 aliphatic heterocycles. The molecule has 0 fully saturated rings. The topological polar surface area (TPSA) is 50.1 Å². The van der Waals surface area contributed by atoms with Gasteiger partial charge in [0.25, 0.3) is 0 Å². The second kappa shape index (κ2) is 1.78. The number of nitrogens with two attached hydrogens (primary N) is 1. The molecule has 0 bridgehead atoms. The van der Waals surface area contributed by atoms with Gasteiger partial charge in [0.2, 0.25) is 0 Å². The summed E-state index contributed by atoms with van der Waals surface area (Å²) in [6.07, 6.45) is 3.70. The molecule has 44 valence electrons. The average molecular weight is 111 g/mol. The van der Waals surface area contributed by atoms with Crippen molar-refractivity contribution in [2.75, 3.05) is 0 Å². The Hall–Kier alpha value is -1.12. The Kier molecular flexibility index (Phi) is 1.12. The molecule has 0 aromatic heterocycles. The first-order valence-electron chi connectivity index (χ1n) is 2.44. The molecule has 0 aromatic rings. The summed E-state index contributed by atoms with van der Waals surface area (Å²) in [5, 5.41) is 0. The molecule has 0 amide bonds. The Balaban J connectivity index is 2.69. The smallest absolute Gasteiger partial charge is 0.115 e. The lowest BCUT2D eigenvalue weighted by Gasteiger charge is -2.10. The van der Waals surface area contributed by atoms with Gasteiger partial charge in [0, 0.05) is 6.20 Å². The van der Waals surface area contributed by atoms with Crippen LogP contribution in [0.1, 0.15) is 6.92 Å². The molecule has 1 aliphatic rings. The van der Waals surface area contributed by atoms with E-state index in [0.717, 1.165) is 5.57 Å². The number of hydrogen-bond donors (Lipinski definition) is 3. The standard InChI is InChI=1S/C5H9N3/c1-4-2-5(6)8-7-3-4/h2-3,7-8H,6H2,1H3. The van der Waals surface area contributed by atoms with Gasteiger partial charge in [-0.25, -0.2) is 0 Å². The maximum absolute atomic E-state index is 5.37. The van der Waals surface area contributed by atoms with Crippen molar-refractivity contribution < 1.29 is 0 Å². The quantitative estimate of drug-likeness (QED) is 0.405. The third kappa shape index (κ3) is 0.932. The van der Waals surface area contributed by atoms with Gasteiger partial charge in [-0.15, -0.1) is 0 Å². The van der Waals surface area contributed by atoms with Gasteiger partial charge in [0.15, 0.2) is 0 Å². The summed E-state index contributed by atoms with van der Waals surface area (Å²) >= 11 is 0. The summed E-state index contributed by atoms with van der Waals surface area (Å²) in [7, 11) is 0. The first-order valence-corrected chi connectivity index (χ1v) is 2.44. The van der Waals surface area contributed by atoms with Crippen LogP contribution in [-0.2, 0) is 0 Å². The predicted octanol–water partition coefficient (Wildman–Crippen LogP) is -0.202. The zero-order valence-corrected chi connectivity index (χ0v) is 4.73. The summed E-state index contributed by atoms with van der Waals surface area (Å²) in [5.74, 6) is 0.657. The summed E-state index contributed by atoms with van der Waals surface area (Å²) in [6.45, 7) is 1.97. The number of nitrogens with one attached hydrogen (secondary N) is 2. The van der Waals surface area contributed by atoms with E-state index in [9.17, 15) is 0 Å². The second-order valence-corrected chi connectivity index (χ2v) is 1.76. The van der Waals surface area contributed by atoms with E-state index < -0.39 is 0 Å². The molecule has 0 saturated heterocycles. The van der Waals surface area contributed by atoms with Crippen molar-refractivity contribution in [3.63, 3.8) is 0 Å². The highest BCUT2D eigenvalue weighted by molar-refractivity contribution is 5.21. The van der Waals surface area contributed by atoms with Crippen LogP contribution in [0.4, 0.5) is 0 Å². The van der Waals surface area contributed by atoms with E-state index in [1.807, 2.05) is 19.2 Å². The Morgan fingerprint density at radius 1 is 1.62 bits per heavy atom. The molecular weight excluding hydrogens is 102 g/mol. The second-order valence-electron chi connectivity index (χ2n) is 1.76. The Labute approximate surface area is 48.2 Å². The maximum Gasteiger partial charge on any atom is 0.115 e. The lowest BCUT2D eigenvalue weighted by molar-refractivity contribution is 0.702. The summed E-state index contributed by atoms with van der Waals surface area (Å²) in [6, 6.07) is 0. The number of rotatable bonds is 0. The van der Waals surface area contributed by atoms with E-state index in [0.29, 0.717) is 5.82 Å². The van der Waals surface area contributed by atoms with Crippen LogP contribution < -0.4 is 16.6 Å². The third-order valence-corrected chi connectivity index (χ3v) is 0.900. The van der Waals surface area contributed by atoms with Crippen molar-refractivity contribution in [1.82, 2.24) is 10.9 Å². The highest BCUT2D eigenvalue weighted by Crippen LogP contribution is 1.95. The largest absolute Gasteiger partial charge is 0.384 e. The van der Waals surface area contributed by atoms with E-state index in [4.69, 9.17) is 5.73 Å². The lowest BCUT2D eigenvalue weighted by atomic mass is 10.3. The van der Waals surface area contributed by atoms with Crippen LogP contribution >= 0.6 is 0 Å². The molecule has 1 heterocycles. The van der Waals surface area contributed by atoms with Crippen molar-refractivity contribution in [3.05, 3.63) is 23.7 Å². The first kappa shape index (κ1) is 5.03. The molecule has 0 atom stereocenters. The highest BCUT2D eigenvalue weighted by Gasteiger charge is 1.92. The summed E-state index contributed by atoms with van der Waals surface area (Å²) in [4.78, 5) is 0. The molecule has 4 N–H and O–H groups in total. The van der Waals surface area contributed by atoms with Gasteiger partial charge in [-0.2, -0.15) is 0 Å². The molecular formula is C5H9N3. The Morgan fingerprint density at radius 2 is 2.38 bits per heavy atom. The molecule has 0 aliphatic carbocycles. The van der Waals surface area contributed by atoms with Crippen LogP contribution in [0.15, 0.2) is 23.7 Å². The van der Waals surface area contributed by atoms with E-state index >= 15 is 0 Å². The molecule has 0 unspecified atom stereocenters. The van der Waals surface area contributed by atoms with Crippen LogP contribution in [-0.4, -0.2) is 0 Å². The van der Waals surface area contributed by atoms with Crippen LogP contribution in [0.25, 0.3) is 0 Å². The van der Waals surface area contributed by atoms with E-state index in [2.05, 4.69) is 10.9 Å². The van der Waals surface area contributed by atoms with Crippen molar-refractivity contribution in [2.24, 2.45) is 5.73 Å². The van der Waals surface area contributed by atoms with Gasteiger partial charge in [0.05, 0.1) is 0 Å². The molecule has 0 spiro atoms. The van der Waals surface area contributed by atoms with E-state index in [-0.39, 0.29) is 0 Å². The van der Waals surface area contributed by atoms with Gasteiger partial charge >= 0.3 is 0 Å². The molecule has 3 nitrogen and oxygen atoms in total. The molecule has 0 aromatic carbocycles. The fourth-order valence-corrected chi connectivity index (χ4v) is 0.556. The SMILES string of the molecule is CC1=CNNC(N)=C1. The summed E-state index contributed by atoms with van der Waals surface area (Å²) in [5.41, 5.74) is 12.0. The molecule has 0 radical (unpaired) electrons. The summed E-state index contributed by atoms with van der Waals surface area (Å²) < 4.78 is 0. The number of allylic oxidation sites excluding steroid dienone is 2. The van der Waals surface area contributed by atoms with Crippen molar-refractivity contribution in [2.45, 2.75) is 6.92 Å². The number of hydrazine groups is 1. The molecule has 8 heavy (non-hydrogen) atoms. The minimum absolute atomic E-state index is 0.657. The van der Waals surface area contributed by atoms with Crippen LogP contribution in [0.2, 0.25) is 0 Å². The Bertz CT molecular complexity index is 146. The van der Waals surface area contributed by atoms with Gasteiger partial charge in [0.1, 0.15) is 5.82 Å². The van der Waals surface area contributed by atoms with Gasteiger partial charge in [-0.05, 0) is 18.6 Å².